The van der Waals surface area contributed by atoms with Gasteiger partial charge in [0, 0.05) is 31.7 Å². The fourth-order valence-electron chi connectivity index (χ4n) is 1.68. The van der Waals surface area contributed by atoms with E-state index in [2.05, 4.69) is 5.32 Å². The molecule has 3 amide bonds. The van der Waals surface area contributed by atoms with Gasteiger partial charge < -0.3 is 21.1 Å². The van der Waals surface area contributed by atoms with Crippen LogP contribution in [0.3, 0.4) is 0 Å². The molecular formula is C11H17N3O5S. The van der Waals surface area contributed by atoms with Gasteiger partial charge >= 0.3 is 5.97 Å². The van der Waals surface area contributed by atoms with Gasteiger partial charge in [0.25, 0.3) is 5.24 Å². The molecule has 112 valence electrons. The highest BCUT2D eigenvalue weighted by Gasteiger charge is 2.23. The molecule has 0 aromatic heterocycles. The molecule has 0 aliphatic carbocycles. The Morgan fingerprint density at radius 2 is 2.10 bits per heavy atom. The van der Waals surface area contributed by atoms with Gasteiger partial charge in [-0.3, -0.25) is 14.4 Å². The van der Waals surface area contributed by atoms with Crippen LogP contribution < -0.4 is 11.1 Å². The Morgan fingerprint density at radius 1 is 1.40 bits per heavy atom. The highest BCUT2D eigenvalue weighted by molar-refractivity contribution is 8.13. The van der Waals surface area contributed by atoms with Crippen LogP contribution in [0.25, 0.3) is 0 Å². The van der Waals surface area contributed by atoms with Gasteiger partial charge in [0.15, 0.2) is 0 Å². The van der Waals surface area contributed by atoms with E-state index in [1.807, 2.05) is 0 Å². The van der Waals surface area contributed by atoms with E-state index in [0.717, 1.165) is 0 Å². The maximum Gasteiger partial charge on any atom is 0.326 e. The summed E-state index contributed by atoms with van der Waals surface area (Å²) >= 11 is 1.20. The number of nitrogens with two attached hydrogens (primary N) is 1. The van der Waals surface area contributed by atoms with Crippen molar-refractivity contribution < 1.29 is 24.3 Å². The second kappa shape index (κ2) is 7.73. The number of carboxylic acid groups (broad SMARTS) is 1. The molecule has 1 aliphatic heterocycles. The molecule has 1 fully saturated rings. The Bertz CT molecular complexity index is 415. The summed E-state index contributed by atoms with van der Waals surface area (Å²) in [6, 6.07) is -1.14. The molecule has 1 heterocycles. The number of nitrogens with one attached hydrogen (secondary N) is 1. The predicted molar refractivity (Wildman–Crippen MR) is 72.0 cm³/mol. The highest BCUT2D eigenvalue weighted by atomic mass is 32.2. The summed E-state index contributed by atoms with van der Waals surface area (Å²) in [6.07, 6.45) is -0.125. The molecule has 1 unspecified atom stereocenters. The Balaban J connectivity index is 2.35. The third-order valence-corrected chi connectivity index (χ3v) is 3.66. The summed E-state index contributed by atoms with van der Waals surface area (Å²) < 4.78 is 0. The minimum atomic E-state index is -1.22. The van der Waals surface area contributed by atoms with Crippen LogP contribution in [0.2, 0.25) is 0 Å². The normalized spacial score (nSPS) is 16.0. The monoisotopic (exact) mass is 303 g/mol. The zero-order valence-electron chi connectivity index (χ0n) is 10.8. The summed E-state index contributed by atoms with van der Waals surface area (Å²) in [5, 5.41) is 11.2. The number of carbonyl (C=O) groups is 4. The smallest absolute Gasteiger partial charge is 0.326 e. The SMILES string of the molecule is NC(=O)CCC(NC(=O)CCN1CCSC1=O)C(=O)O. The topological polar surface area (TPSA) is 130 Å². The number of amides is 3. The van der Waals surface area contributed by atoms with Crippen molar-refractivity contribution in [2.45, 2.75) is 25.3 Å². The van der Waals surface area contributed by atoms with Crippen LogP contribution in [-0.2, 0) is 14.4 Å². The van der Waals surface area contributed by atoms with Crippen molar-refractivity contribution in [3.8, 4) is 0 Å². The number of hydrogen-bond acceptors (Lipinski definition) is 5. The van der Waals surface area contributed by atoms with Crippen LogP contribution in [0.4, 0.5) is 4.79 Å². The first-order chi connectivity index (χ1) is 9.40. The van der Waals surface area contributed by atoms with Crippen LogP contribution in [0.15, 0.2) is 0 Å². The van der Waals surface area contributed by atoms with Gasteiger partial charge in [-0.15, -0.1) is 0 Å². The molecule has 4 N–H and O–H groups in total. The van der Waals surface area contributed by atoms with Crippen LogP contribution in [-0.4, -0.2) is 57.9 Å². The molecule has 1 rings (SSSR count). The molecule has 1 aliphatic rings. The second-order valence-electron chi connectivity index (χ2n) is 4.31. The third kappa shape index (κ3) is 5.47. The first-order valence-corrected chi connectivity index (χ1v) is 7.11. The summed E-state index contributed by atoms with van der Waals surface area (Å²) in [5.74, 6) is -1.60. The molecule has 9 heteroatoms. The van der Waals surface area contributed by atoms with Crippen LogP contribution >= 0.6 is 11.8 Å². The number of primary amides is 1. The second-order valence-corrected chi connectivity index (χ2v) is 5.36. The minimum Gasteiger partial charge on any atom is -0.480 e. The van der Waals surface area contributed by atoms with E-state index in [4.69, 9.17) is 10.8 Å². The number of hydrogen-bond donors (Lipinski definition) is 3. The molecule has 0 aromatic carbocycles. The summed E-state index contributed by atoms with van der Waals surface area (Å²) in [7, 11) is 0. The Morgan fingerprint density at radius 3 is 2.60 bits per heavy atom. The van der Waals surface area contributed by atoms with Crippen LogP contribution in [0, 0.1) is 0 Å². The maximum absolute atomic E-state index is 11.6. The number of thioether (sulfide) groups is 1. The molecule has 8 nitrogen and oxygen atoms in total. The van der Waals surface area contributed by atoms with E-state index in [1.165, 1.54) is 11.8 Å². The van der Waals surface area contributed by atoms with E-state index >= 15 is 0 Å². The molecule has 0 radical (unpaired) electrons. The first-order valence-electron chi connectivity index (χ1n) is 6.12. The van der Waals surface area contributed by atoms with Gasteiger partial charge in [0.2, 0.25) is 11.8 Å². The van der Waals surface area contributed by atoms with Crippen molar-refractivity contribution in [2.75, 3.05) is 18.8 Å². The standard InChI is InChI=1S/C11H17N3O5S/c12-8(15)2-1-7(10(17)18)13-9(16)3-4-14-5-6-20-11(14)19/h7H,1-6H2,(H2,12,15)(H,13,16)(H,17,18). The molecule has 0 spiro atoms. The summed E-state index contributed by atoms with van der Waals surface area (Å²) in [5.41, 5.74) is 4.94. The lowest BCUT2D eigenvalue weighted by atomic mass is 10.1. The average molecular weight is 303 g/mol. The Kier molecular flexibility index (Phi) is 6.29. The quantitative estimate of drug-likeness (QED) is 0.548. The lowest BCUT2D eigenvalue weighted by Gasteiger charge is -2.16. The zero-order chi connectivity index (χ0) is 15.1. The fraction of sp³-hybridized carbons (Fsp3) is 0.636. The number of carbonyl (C=O) groups excluding carboxylic acids is 3. The van der Waals surface area contributed by atoms with Crippen molar-refractivity contribution in [1.29, 1.82) is 0 Å². The predicted octanol–water partition coefficient (Wildman–Crippen LogP) is -0.620. The Hall–Kier alpha value is -1.77. The van der Waals surface area contributed by atoms with E-state index in [1.54, 1.807) is 4.90 Å². The first kappa shape index (κ1) is 16.3. The largest absolute Gasteiger partial charge is 0.480 e. The molecule has 0 saturated carbocycles. The van der Waals surface area contributed by atoms with Crippen LogP contribution in [0.5, 0.6) is 0 Å². The molecule has 0 aromatic rings. The maximum atomic E-state index is 11.6. The van der Waals surface area contributed by atoms with Gasteiger partial charge in [0.05, 0.1) is 0 Å². The number of nitrogens with zero attached hydrogens (tertiary/aromatic N) is 1. The lowest BCUT2D eigenvalue weighted by molar-refractivity contribution is -0.142. The van der Waals surface area contributed by atoms with E-state index in [0.29, 0.717) is 12.3 Å². The third-order valence-electron chi connectivity index (χ3n) is 2.77. The van der Waals surface area contributed by atoms with Crippen molar-refractivity contribution in [3.63, 3.8) is 0 Å². The van der Waals surface area contributed by atoms with Crippen molar-refractivity contribution in [1.82, 2.24) is 10.2 Å². The molecule has 0 bridgehead atoms. The number of carboxylic acids is 1. The van der Waals surface area contributed by atoms with Crippen LogP contribution in [0.1, 0.15) is 19.3 Å². The van der Waals surface area contributed by atoms with Crippen molar-refractivity contribution >= 4 is 34.8 Å². The van der Waals surface area contributed by atoms with Gasteiger partial charge in [-0.2, -0.15) is 0 Å². The average Bonchev–Trinajstić information content (AvgIpc) is 2.77. The molecule has 1 atom stereocenters. The molecule has 1 saturated heterocycles. The molecular weight excluding hydrogens is 286 g/mol. The number of rotatable bonds is 8. The summed E-state index contributed by atoms with van der Waals surface area (Å²) in [4.78, 5) is 46.0. The Labute approximate surface area is 120 Å². The van der Waals surface area contributed by atoms with E-state index in [-0.39, 0.29) is 31.0 Å². The van der Waals surface area contributed by atoms with E-state index in [9.17, 15) is 19.2 Å². The van der Waals surface area contributed by atoms with Crippen molar-refractivity contribution in [2.24, 2.45) is 5.73 Å². The number of aliphatic carboxylic acids is 1. The van der Waals surface area contributed by atoms with E-state index < -0.39 is 23.8 Å². The molecule has 20 heavy (non-hydrogen) atoms. The van der Waals surface area contributed by atoms with Gasteiger partial charge in [-0.05, 0) is 6.42 Å². The highest BCUT2D eigenvalue weighted by Crippen LogP contribution is 2.16. The van der Waals surface area contributed by atoms with Gasteiger partial charge in [-0.25, -0.2) is 4.79 Å². The fourth-order valence-corrected chi connectivity index (χ4v) is 2.53. The zero-order valence-corrected chi connectivity index (χ0v) is 11.6. The van der Waals surface area contributed by atoms with Crippen molar-refractivity contribution in [3.05, 3.63) is 0 Å². The minimum absolute atomic E-state index is 0.0344. The lowest BCUT2D eigenvalue weighted by Crippen LogP contribution is -2.42. The van der Waals surface area contributed by atoms with Gasteiger partial charge in [-0.1, -0.05) is 11.8 Å². The van der Waals surface area contributed by atoms with Gasteiger partial charge in [0.1, 0.15) is 6.04 Å². The summed E-state index contributed by atoms with van der Waals surface area (Å²) in [6.45, 7) is 0.862.